The Hall–Kier alpha value is -2.66. The lowest BCUT2D eigenvalue weighted by Gasteiger charge is -2.33. The van der Waals surface area contributed by atoms with E-state index in [0.29, 0.717) is 13.0 Å². The first-order chi connectivity index (χ1) is 13.9. The highest BCUT2D eigenvalue weighted by atomic mass is 16.5. The van der Waals surface area contributed by atoms with E-state index in [0.717, 1.165) is 29.7 Å². The predicted molar refractivity (Wildman–Crippen MR) is 113 cm³/mol. The topological polar surface area (TPSA) is 49.9 Å². The Bertz CT molecular complexity index is 923. The van der Waals surface area contributed by atoms with E-state index in [-0.39, 0.29) is 23.8 Å². The minimum Gasteiger partial charge on any atom is -0.382 e. The molecule has 0 saturated heterocycles. The molecule has 1 aliphatic heterocycles. The van der Waals surface area contributed by atoms with Gasteiger partial charge in [0.25, 0.3) is 0 Å². The van der Waals surface area contributed by atoms with E-state index in [2.05, 4.69) is 0 Å². The standard InChI is InChI=1S/C24H28N2O3/c1-25-20-12-8-7-11-19(20)24(22(25)28,15-18-9-5-4-6-10-18)16-21(27)26(2)23(13-14-23)17-29-3/h4-12H,13-17H2,1-3H3/t24-/m0/s1. The van der Waals surface area contributed by atoms with Gasteiger partial charge >= 0.3 is 0 Å². The summed E-state index contributed by atoms with van der Waals surface area (Å²) >= 11 is 0. The average molecular weight is 392 g/mol. The van der Waals surface area contributed by atoms with Gasteiger partial charge in [-0.25, -0.2) is 0 Å². The summed E-state index contributed by atoms with van der Waals surface area (Å²) in [5.41, 5.74) is 1.78. The molecule has 0 N–H and O–H groups in total. The number of benzene rings is 2. The number of anilines is 1. The lowest BCUT2D eigenvalue weighted by atomic mass is 9.73. The fraction of sp³-hybridized carbons (Fsp3) is 0.417. The number of methoxy groups -OCH3 is 1. The number of amides is 2. The SMILES string of the molecule is COCC1(N(C)C(=O)C[C@]2(Cc3ccccc3)C(=O)N(C)c3ccccc32)CC1. The lowest BCUT2D eigenvalue weighted by molar-refractivity contribution is -0.138. The summed E-state index contributed by atoms with van der Waals surface area (Å²) in [5.74, 6) is -0.0187. The second-order valence-corrected chi connectivity index (χ2v) is 8.41. The number of carbonyl (C=O) groups is 2. The van der Waals surface area contributed by atoms with Crippen molar-refractivity contribution >= 4 is 17.5 Å². The zero-order valence-electron chi connectivity index (χ0n) is 17.4. The summed E-state index contributed by atoms with van der Waals surface area (Å²) in [5, 5.41) is 0. The molecule has 1 saturated carbocycles. The number of hydrogen-bond acceptors (Lipinski definition) is 3. The molecular formula is C24H28N2O3. The van der Waals surface area contributed by atoms with Gasteiger partial charge in [-0.05, 0) is 36.5 Å². The van der Waals surface area contributed by atoms with Crippen LogP contribution in [0.3, 0.4) is 0 Å². The second kappa shape index (κ2) is 7.30. The third kappa shape index (κ3) is 3.23. The number of nitrogens with zero attached hydrogens (tertiary/aromatic N) is 2. The molecule has 1 heterocycles. The van der Waals surface area contributed by atoms with Crippen LogP contribution in [-0.4, -0.2) is 50.1 Å². The van der Waals surface area contributed by atoms with Crippen molar-refractivity contribution in [2.24, 2.45) is 0 Å². The Morgan fingerprint density at radius 3 is 2.41 bits per heavy atom. The van der Waals surface area contributed by atoms with Gasteiger partial charge in [-0.15, -0.1) is 0 Å². The van der Waals surface area contributed by atoms with E-state index < -0.39 is 5.41 Å². The molecule has 0 spiro atoms. The van der Waals surface area contributed by atoms with Crippen LogP contribution in [0.4, 0.5) is 5.69 Å². The summed E-state index contributed by atoms with van der Waals surface area (Å²) in [6.07, 6.45) is 2.55. The smallest absolute Gasteiger partial charge is 0.238 e. The molecule has 5 nitrogen and oxygen atoms in total. The maximum Gasteiger partial charge on any atom is 0.238 e. The summed E-state index contributed by atoms with van der Waals surface area (Å²) in [4.78, 5) is 30.5. The van der Waals surface area contributed by atoms with Gasteiger partial charge in [0, 0.05) is 33.3 Å². The fourth-order valence-corrected chi connectivity index (χ4v) is 4.70. The van der Waals surface area contributed by atoms with Crippen LogP contribution < -0.4 is 4.90 Å². The predicted octanol–water partition coefficient (Wildman–Crippen LogP) is 3.17. The van der Waals surface area contributed by atoms with Crippen LogP contribution in [0.1, 0.15) is 30.4 Å². The van der Waals surface area contributed by atoms with Gasteiger partial charge in [0.15, 0.2) is 0 Å². The molecule has 4 rings (SSSR count). The van der Waals surface area contributed by atoms with Crippen molar-refractivity contribution < 1.29 is 14.3 Å². The van der Waals surface area contributed by atoms with Crippen molar-refractivity contribution in [3.8, 4) is 0 Å². The summed E-state index contributed by atoms with van der Waals surface area (Å²) < 4.78 is 5.36. The highest BCUT2D eigenvalue weighted by Gasteiger charge is 2.54. The maximum absolute atomic E-state index is 13.6. The first kappa shape index (κ1) is 19.6. The number of likely N-dealkylation sites (N-methyl/N-ethyl adjacent to an activating group) is 2. The number of ether oxygens (including phenoxy) is 1. The Kier molecular flexibility index (Phi) is 4.95. The molecule has 1 aliphatic carbocycles. The van der Waals surface area contributed by atoms with Gasteiger partial charge in [-0.1, -0.05) is 48.5 Å². The molecule has 1 atom stereocenters. The van der Waals surface area contributed by atoms with Crippen LogP contribution in [0.15, 0.2) is 54.6 Å². The molecule has 152 valence electrons. The van der Waals surface area contributed by atoms with E-state index in [9.17, 15) is 9.59 Å². The number of carbonyl (C=O) groups excluding carboxylic acids is 2. The van der Waals surface area contributed by atoms with Crippen LogP contribution in [0, 0.1) is 0 Å². The highest BCUT2D eigenvalue weighted by molar-refractivity contribution is 6.10. The van der Waals surface area contributed by atoms with Crippen molar-refractivity contribution in [3.63, 3.8) is 0 Å². The molecule has 29 heavy (non-hydrogen) atoms. The van der Waals surface area contributed by atoms with Crippen LogP contribution >= 0.6 is 0 Å². The monoisotopic (exact) mass is 392 g/mol. The normalized spacial score (nSPS) is 21.8. The molecule has 0 radical (unpaired) electrons. The van der Waals surface area contributed by atoms with Gasteiger partial charge in [-0.2, -0.15) is 0 Å². The number of hydrogen-bond donors (Lipinski definition) is 0. The zero-order chi connectivity index (χ0) is 20.6. The quantitative estimate of drug-likeness (QED) is 0.727. The van der Waals surface area contributed by atoms with E-state index >= 15 is 0 Å². The third-order valence-corrected chi connectivity index (χ3v) is 6.62. The number of rotatable bonds is 7. The molecule has 5 heteroatoms. The molecule has 2 aromatic carbocycles. The Balaban J connectivity index is 1.72. The minimum atomic E-state index is -0.888. The van der Waals surface area contributed by atoms with Gasteiger partial charge < -0.3 is 14.5 Å². The third-order valence-electron chi connectivity index (χ3n) is 6.62. The molecule has 0 unspecified atom stereocenters. The minimum absolute atomic E-state index is 0.00562. The van der Waals surface area contributed by atoms with E-state index in [1.165, 1.54) is 0 Å². The van der Waals surface area contributed by atoms with E-state index in [4.69, 9.17) is 4.74 Å². The van der Waals surface area contributed by atoms with Gasteiger partial charge in [0.05, 0.1) is 17.6 Å². The summed E-state index contributed by atoms with van der Waals surface area (Å²) in [6, 6.07) is 17.8. The highest BCUT2D eigenvalue weighted by Crippen LogP contribution is 2.47. The van der Waals surface area contributed by atoms with Crippen LogP contribution in [0.2, 0.25) is 0 Å². The van der Waals surface area contributed by atoms with Crippen molar-refractivity contribution in [2.45, 2.75) is 36.6 Å². The molecule has 2 aromatic rings. The molecule has 2 aliphatic rings. The fourth-order valence-electron chi connectivity index (χ4n) is 4.70. The second-order valence-electron chi connectivity index (χ2n) is 8.41. The van der Waals surface area contributed by atoms with Crippen molar-refractivity contribution in [1.29, 1.82) is 0 Å². The first-order valence-electron chi connectivity index (χ1n) is 10.1. The summed E-state index contributed by atoms with van der Waals surface area (Å²) in [7, 11) is 5.32. The van der Waals surface area contributed by atoms with Crippen molar-refractivity contribution in [1.82, 2.24) is 4.90 Å². The van der Waals surface area contributed by atoms with E-state index in [1.54, 1.807) is 19.1 Å². The number of para-hydroxylation sites is 1. The molecule has 0 aromatic heterocycles. The number of fused-ring (bicyclic) bond motifs is 1. The van der Waals surface area contributed by atoms with Gasteiger partial charge in [0.1, 0.15) is 0 Å². The first-order valence-corrected chi connectivity index (χ1v) is 10.1. The van der Waals surface area contributed by atoms with Crippen molar-refractivity contribution in [2.75, 3.05) is 32.7 Å². The van der Waals surface area contributed by atoms with Crippen molar-refractivity contribution in [3.05, 3.63) is 65.7 Å². The summed E-state index contributed by atoms with van der Waals surface area (Å²) in [6.45, 7) is 0.533. The maximum atomic E-state index is 13.6. The van der Waals surface area contributed by atoms with Crippen LogP contribution in [0.25, 0.3) is 0 Å². The lowest BCUT2D eigenvalue weighted by Crippen LogP contribution is -2.48. The Labute approximate surface area is 172 Å². The van der Waals surface area contributed by atoms with Crippen LogP contribution in [-0.2, 0) is 26.2 Å². The van der Waals surface area contributed by atoms with E-state index in [1.807, 2.05) is 66.5 Å². The molecule has 2 amide bonds. The Morgan fingerprint density at radius 2 is 1.76 bits per heavy atom. The van der Waals surface area contributed by atoms with Gasteiger partial charge in [-0.3, -0.25) is 9.59 Å². The average Bonchev–Trinajstić information content (AvgIpc) is 3.49. The largest absolute Gasteiger partial charge is 0.382 e. The molecular weight excluding hydrogens is 364 g/mol. The zero-order valence-corrected chi connectivity index (χ0v) is 17.4. The van der Waals surface area contributed by atoms with Crippen LogP contribution in [0.5, 0.6) is 0 Å². The molecule has 1 fully saturated rings. The molecule has 0 bridgehead atoms. The Morgan fingerprint density at radius 1 is 1.10 bits per heavy atom. The van der Waals surface area contributed by atoms with Gasteiger partial charge in [0.2, 0.25) is 11.8 Å².